The fourth-order valence-corrected chi connectivity index (χ4v) is 4.59. The number of pyridine rings is 1. The first-order valence-electron chi connectivity index (χ1n) is 9.77. The lowest BCUT2D eigenvalue weighted by atomic mass is 9.90. The standard InChI is InChI=1S/C21H18F6N4OS/c1-3-19(4-2)17(32)30(14-9-15(21(25,26)27)16(10-28)29-11-14)18(33)31(19)13-7-5-12(6-8-13)20(22,23)24/h5-9,11,18,33H,3-4H2,1-2H3. The van der Waals surface area contributed by atoms with E-state index in [1.165, 1.54) is 23.1 Å². The number of nitrogens with zero attached hydrogens (tertiary/aromatic N) is 4. The topological polar surface area (TPSA) is 60.2 Å². The first kappa shape index (κ1) is 24.7. The highest BCUT2D eigenvalue weighted by molar-refractivity contribution is 7.81. The van der Waals surface area contributed by atoms with Crippen LogP contribution >= 0.6 is 12.6 Å². The molecule has 0 radical (unpaired) electrons. The van der Waals surface area contributed by atoms with Crippen LogP contribution in [-0.2, 0) is 17.1 Å². The van der Waals surface area contributed by atoms with Crippen LogP contribution in [0.3, 0.4) is 0 Å². The summed E-state index contributed by atoms with van der Waals surface area (Å²) < 4.78 is 79.3. The van der Waals surface area contributed by atoms with Crippen molar-refractivity contribution in [1.29, 1.82) is 5.26 Å². The molecular weight excluding hydrogens is 470 g/mol. The van der Waals surface area contributed by atoms with Crippen molar-refractivity contribution in [2.24, 2.45) is 0 Å². The molecule has 2 aromatic rings. The number of aromatic nitrogens is 1. The van der Waals surface area contributed by atoms with Crippen LogP contribution in [0.15, 0.2) is 36.5 Å². The van der Waals surface area contributed by atoms with Crippen LogP contribution in [0.4, 0.5) is 37.7 Å². The zero-order chi connectivity index (χ0) is 24.8. The first-order chi connectivity index (χ1) is 15.3. The molecule has 1 saturated heterocycles. The number of carbonyl (C=O) groups is 1. The minimum absolute atomic E-state index is 0.215. The second-order valence-corrected chi connectivity index (χ2v) is 7.84. The lowest BCUT2D eigenvalue weighted by molar-refractivity contribution is -0.138. The Morgan fingerprint density at radius 2 is 1.64 bits per heavy atom. The van der Waals surface area contributed by atoms with Gasteiger partial charge in [0.1, 0.15) is 11.6 Å². The van der Waals surface area contributed by atoms with Gasteiger partial charge in [0, 0.05) is 5.69 Å². The summed E-state index contributed by atoms with van der Waals surface area (Å²) in [5.74, 6) is -0.577. The van der Waals surface area contributed by atoms with Gasteiger partial charge in [-0.25, -0.2) is 4.98 Å². The Hall–Kier alpha value is -2.94. The highest BCUT2D eigenvalue weighted by atomic mass is 32.1. The van der Waals surface area contributed by atoms with E-state index >= 15 is 0 Å². The maximum Gasteiger partial charge on any atom is 0.419 e. The SMILES string of the molecule is CCC1(CC)C(=O)N(c2cnc(C#N)c(C(F)(F)F)c2)C(S)N1c1ccc(C(F)(F)F)cc1. The van der Waals surface area contributed by atoms with Gasteiger partial charge in [-0.15, -0.1) is 12.6 Å². The van der Waals surface area contributed by atoms with Crippen LogP contribution in [0, 0.1) is 11.3 Å². The van der Waals surface area contributed by atoms with Crippen LogP contribution < -0.4 is 9.80 Å². The van der Waals surface area contributed by atoms with Crippen molar-refractivity contribution < 1.29 is 31.1 Å². The number of rotatable bonds is 4. The maximum absolute atomic E-state index is 13.5. The summed E-state index contributed by atoms with van der Waals surface area (Å²) in [7, 11) is 0. The molecule has 1 amide bonds. The second kappa shape index (κ2) is 8.44. The van der Waals surface area contributed by atoms with Gasteiger partial charge in [0.25, 0.3) is 5.91 Å². The van der Waals surface area contributed by atoms with Crippen molar-refractivity contribution in [3.63, 3.8) is 0 Å². The highest BCUT2D eigenvalue weighted by Gasteiger charge is 2.55. The lowest BCUT2D eigenvalue weighted by Gasteiger charge is -2.37. The van der Waals surface area contributed by atoms with Crippen LogP contribution in [-0.4, -0.2) is 21.9 Å². The van der Waals surface area contributed by atoms with E-state index in [1.54, 1.807) is 13.8 Å². The average Bonchev–Trinajstić information content (AvgIpc) is 2.98. The fourth-order valence-electron chi connectivity index (χ4n) is 3.99. The Morgan fingerprint density at radius 3 is 2.09 bits per heavy atom. The van der Waals surface area contributed by atoms with Gasteiger partial charge in [-0.3, -0.25) is 9.69 Å². The molecule has 12 heteroatoms. The summed E-state index contributed by atoms with van der Waals surface area (Å²) in [5, 5.41) is 8.98. The molecule has 1 unspecified atom stereocenters. The Balaban J connectivity index is 2.14. The molecule has 3 rings (SSSR count). The number of hydrogen-bond acceptors (Lipinski definition) is 5. The average molecular weight is 488 g/mol. The number of anilines is 2. The zero-order valence-electron chi connectivity index (χ0n) is 17.4. The van der Waals surface area contributed by atoms with Gasteiger partial charge in [0.15, 0.2) is 11.2 Å². The molecule has 1 aliphatic heterocycles. The summed E-state index contributed by atoms with van der Waals surface area (Å²) in [6.45, 7) is 3.39. The molecule has 1 atom stereocenters. The van der Waals surface area contributed by atoms with Crippen molar-refractivity contribution in [3.8, 4) is 6.07 Å². The number of benzene rings is 1. The highest BCUT2D eigenvalue weighted by Crippen LogP contribution is 2.45. The smallest absolute Gasteiger partial charge is 0.328 e. The molecule has 0 N–H and O–H groups in total. The molecule has 1 aliphatic rings. The molecule has 1 aromatic carbocycles. The molecule has 0 saturated carbocycles. The van der Waals surface area contributed by atoms with Crippen LogP contribution in [0.2, 0.25) is 0 Å². The van der Waals surface area contributed by atoms with Gasteiger partial charge in [-0.2, -0.15) is 31.6 Å². The fraction of sp³-hybridized carbons (Fsp3) is 0.381. The molecule has 1 fully saturated rings. The van der Waals surface area contributed by atoms with E-state index in [1.807, 2.05) is 0 Å². The van der Waals surface area contributed by atoms with E-state index in [-0.39, 0.29) is 24.2 Å². The van der Waals surface area contributed by atoms with Gasteiger partial charge < -0.3 is 4.90 Å². The van der Waals surface area contributed by atoms with Crippen molar-refractivity contribution in [2.75, 3.05) is 9.80 Å². The van der Waals surface area contributed by atoms with Gasteiger partial charge in [0.2, 0.25) is 0 Å². The Kier molecular flexibility index (Phi) is 6.32. The molecule has 0 aliphatic carbocycles. The van der Waals surface area contributed by atoms with Crippen LogP contribution in [0.25, 0.3) is 0 Å². The van der Waals surface area contributed by atoms with E-state index in [4.69, 9.17) is 5.26 Å². The normalized spacial score (nSPS) is 18.5. The molecule has 1 aromatic heterocycles. The summed E-state index contributed by atoms with van der Waals surface area (Å²) in [6.07, 6.45) is -8.04. The van der Waals surface area contributed by atoms with Gasteiger partial charge in [0.05, 0.1) is 23.0 Å². The number of nitriles is 1. The first-order valence-corrected chi connectivity index (χ1v) is 10.3. The predicted octanol–water partition coefficient (Wildman–Crippen LogP) is 5.62. The maximum atomic E-state index is 13.5. The molecule has 0 bridgehead atoms. The summed E-state index contributed by atoms with van der Waals surface area (Å²) in [5.41, 5.74) is -5.41. The second-order valence-electron chi connectivity index (χ2n) is 7.37. The minimum Gasteiger partial charge on any atom is -0.328 e. The van der Waals surface area contributed by atoms with Gasteiger partial charge >= 0.3 is 12.4 Å². The minimum atomic E-state index is -4.89. The monoisotopic (exact) mass is 488 g/mol. The lowest BCUT2D eigenvalue weighted by Crippen LogP contribution is -2.49. The van der Waals surface area contributed by atoms with Crippen molar-refractivity contribution in [2.45, 2.75) is 50.1 Å². The van der Waals surface area contributed by atoms with Crippen LogP contribution in [0.5, 0.6) is 0 Å². The number of alkyl halides is 6. The molecular formula is C21H18F6N4OS. The number of halogens is 6. The largest absolute Gasteiger partial charge is 0.419 e. The Morgan fingerprint density at radius 1 is 1.06 bits per heavy atom. The third-order valence-electron chi connectivity index (χ3n) is 5.75. The Bertz CT molecular complexity index is 1090. The number of hydrogen-bond donors (Lipinski definition) is 1. The van der Waals surface area contributed by atoms with Crippen molar-refractivity contribution in [1.82, 2.24) is 4.98 Å². The quantitative estimate of drug-likeness (QED) is 0.449. The molecule has 176 valence electrons. The molecule has 2 heterocycles. The molecule has 5 nitrogen and oxygen atoms in total. The Labute approximate surface area is 191 Å². The number of amides is 1. The predicted molar refractivity (Wildman–Crippen MR) is 111 cm³/mol. The summed E-state index contributed by atoms with van der Waals surface area (Å²) >= 11 is 4.46. The van der Waals surface area contributed by atoms with E-state index in [9.17, 15) is 31.1 Å². The third kappa shape index (κ3) is 4.10. The zero-order valence-corrected chi connectivity index (χ0v) is 18.3. The molecule has 0 spiro atoms. The van der Waals surface area contributed by atoms with Crippen LogP contribution in [0.1, 0.15) is 43.5 Å². The summed E-state index contributed by atoms with van der Waals surface area (Å²) in [4.78, 5) is 19.6. The summed E-state index contributed by atoms with van der Waals surface area (Å²) in [6, 6.07) is 6.15. The van der Waals surface area contributed by atoms with E-state index in [2.05, 4.69) is 17.6 Å². The van der Waals surface area contributed by atoms with E-state index in [0.29, 0.717) is 6.07 Å². The van der Waals surface area contributed by atoms with Crippen molar-refractivity contribution in [3.05, 3.63) is 53.3 Å². The molecule has 33 heavy (non-hydrogen) atoms. The van der Waals surface area contributed by atoms with Gasteiger partial charge in [-0.05, 0) is 43.2 Å². The van der Waals surface area contributed by atoms with Gasteiger partial charge in [-0.1, -0.05) is 13.8 Å². The van der Waals surface area contributed by atoms with E-state index < -0.39 is 46.1 Å². The van der Waals surface area contributed by atoms with E-state index in [0.717, 1.165) is 23.2 Å². The number of carbonyl (C=O) groups excluding carboxylic acids is 1. The van der Waals surface area contributed by atoms with Crippen molar-refractivity contribution >= 4 is 29.9 Å². The number of thiol groups is 1. The third-order valence-corrected chi connectivity index (χ3v) is 6.21.